The Bertz CT molecular complexity index is 571. The van der Waals surface area contributed by atoms with Gasteiger partial charge in [0.15, 0.2) is 0 Å². The van der Waals surface area contributed by atoms with E-state index in [2.05, 4.69) is 26.6 Å². The maximum absolute atomic E-state index is 12.2. The molecule has 0 spiro atoms. The highest BCUT2D eigenvalue weighted by Crippen LogP contribution is 2.27. The zero-order valence-electron chi connectivity index (χ0n) is 13.4. The lowest BCUT2D eigenvalue weighted by Crippen LogP contribution is -2.46. The Morgan fingerprint density at radius 1 is 1.27 bits per heavy atom. The third-order valence-corrected chi connectivity index (χ3v) is 3.49. The largest absolute Gasteiger partial charge is 0.397 e. The third kappa shape index (κ3) is 5.50. The zero-order valence-corrected chi connectivity index (χ0v) is 15.8. The molecule has 0 saturated carbocycles. The summed E-state index contributed by atoms with van der Waals surface area (Å²) in [5.41, 5.74) is 7.32. The van der Waals surface area contributed by atoms with Crippen LogP contribution in [0.3, 0.4) is 0 Å². The van der Waals surface area contributed by atoms with Crippen molar-refractivity contribution in [2.45, 2.75) is 40.7 Å². The Morgan fingerprint density at radius 2 is 1.82 bits per heavy atom. The number of amides is 2. The van der Waals surface area contributed by atoms with Crippen molar-refractivity contribution in [3.63, 3.8) is 0 Å². The van der Waals surface area contributed by atoms with E-state index in [1.807, 2.05) is 13.0 Å². The van der Waals surface area contributed by atoms with Gasteiger partial charge in [-0.15, -0.1) is 12.4 Å². The van der Waals surface area contributed by atoms with Crippen molar-refractivity contribution in [1.29, 1.82) is 0 Å². The summed E-state index contributed by atoms with van der Waals surface area (Å²) in [5.74, 6) is -0.486. The molecule has 0 aliphatic carbocycles. The van der Waals surface area contributed by atoms with Crippen molar-refractivity contribution in [3.05, 3.63) is 22.2 Å². The highest BCUT2D eigenvalue weighted by atomic mass is 79.9. The van der Waals surface area contributed by atoms with Gasteiger partial charge in [0.25, 0.3) is 0 Å². The Balaban J connectivity index is 0.00000441. The van der Waals surface area contributed by atoms with Gasteiger partial charge in [-0.1, -0.05) is 36.7 Å². The van der Waals surface area contributed by atoms with Crippen LogP contribution in [0.4, 0.5) is 11.4 Å². The molecule has 0 aromatic heterocycles. The van der Waals surface area contributed by atoms with Gasteiger partial charge in [0.1, 0.15) is 6.04 Å². The Kier molecular flexibility index (Phi) is 7.38. The molecule has 124 valence electrons. The number of aryl methyl sites for hydroxylation is 1. The highest BCUT2D eigenvalue weighted by molar-refractivity contribution is 9.10. The molecule has 1 atom stereocenters. The number of anilines is 2. The number of halogens is 2. The van der Waals surface area contributed by atoms with Crippen molar-refractivity contribution in [2.75, 3.05) is 11.1 Å². The minimum atomic E-state index is -0.643. The van der Waals surface area contributed by atoms with E-state index in [-0.39, 0.29) is 24.2 Å². The highest BCUT2D eigenvalue weighted by Gasteiger charge is 2.25. The second-order valence-corrected chi connectivity index (χ2v) is 7.03. The van der Waals surface area contributed by atoms with Crippen LogP contribution in [0.25, 0.3) is 0 Å². The predicted octanol–water partition coefficient (Wildman–Crippen LogP) is 3.25. The number of hydrogen-bond acceptors (Lipinski definition) is 3. The minimum absolute atomic E-state index is 0. The van der Waals surface area contributed by atoms with Gasteiger partial charge in [-0.25, -0.2) is 0 Å². The maximum Gasteiger partial charge on any atom is 0.246 e. The van der Waals surface area contributed by atoms with Crippen LogP contribution in [-0.4, -0.2) is 17.9 Å². The molecule has 0 saturated heterocycles. The average Bonchev–Trinajstić information content (AvgIpc) is 2.33. The van der Waals surface area contributed by atoms with Crippen molar-refractivity contribution < 1.29 is 9.59 Å². The van der Waals surface area contributed by atoms with Crippen LogP contribution in [0.2, 0.25) is 0 Å². The van der Waals surface area contributed by atoms with Gasteiger partial charge in [0, 0.05) is 9.89 Å². The van der Waals surface area contributed by atoms with Crippen molar-refractivity contribution in [3.8, 4) is 0 Å². The summed E-state index contributed by atoms with van der Waals surface area (Å²) >= 11 is 3.36. The molecule has 0 bridgehead atoms. The van der Waals surface area contributed by atoms with E-state index in [1.54, 1.807) is 33.8 Å². The zero-order chi connectivity index (χ0) is 16.4. The van der Waals surface area contributed by atoms with E-state index in [0.717, 1.165) is 10.0 Å². The fourth-order valence-corrected chi connectivity index (χ4v) is 2.15. The first-order valence-electron chi connectivity index (χ1n) is 6.70. The molecule has 0 aliphatic heterocycles. The number of nitrogen functional groups attached to an aromatic ring is 1. The maximum atomic E-state index is 12.2. The summed E-state index contributed by atoms with van der Waals surface area (Å²) in [5, 5.41) is 5.42. The topological polar surface area (TPSA) is 84.2 Å². The molecule has 7 heteroatoms. The van der Waals surface area contributed by atoms with Gasteiger partial charge in [0.05, 0.1) is 11.4 Å². The number of carbonyl (C=O) groups is 2. The Labute approximate surface area is 145 Å². The van der Waals surface area contributed by atoms with Gasteiger partial charge in [-0.2, -0.15) is 0 Å². The molecular formula is C15H23BrClN3O2. The molecule has 22 heavy (non-hydrogen) atoms. The van der Waals surface area contributed by atoms with Gasteiger partial charge >= 0.3 is 0 Å². The van der Waals surface area contributed by atoms with Gasteiger partial charge < -0.3 is 16.4 Å². The van der Waals surface area contributed by atoms with Crippen LogP contribution >= 0.6 is 28.3 Å². The fraction of sp³-hybridized carbons (Fsp3) is 0.467. The number of carbonyl (C=O) groups excluding carboxylic acids is 2. The summed E-state index contributed by atoms with van der Waals surface area (Å²) in [6.07, 6.45) is 0. The van der Waals surface area contributed by atoms with E-state index >= 15 is 0 Å². The summed E-state index contributed by atoms with van der Waals surface area (Å²) in [7, 11) is 0. The van der Waals surface area contributed by atoms with Crippen LogP contribution in [0.1, 0.15) is 33.3 Å². The van der Waals surface area contributed by atoms with Crippen molar-refractivity contribution in [2.24, 2.45) is 5.41 Å². The van der Waals surface area contributed by atoms with Gasteiger partial charge in [-0.05, 0) is 31.5 Å². The summed E-state index contributed by atoms with van der Waals surface area (Å²) in [6, 6.07) is 2.96. The first kappa shape index (κ1) is 20.7. The molecule has 1 unspecified atom stereocenters. The molecule has 1 aromatic carbocycles. The van der Waals surface area contributed by atoms with E-state index < -0.39 is 11.5 Å². The van der Waals surface area contributed by atoms with Crippen LogP contribution in [-0.2, 0) is 9.59 Å². The smallest absolute Gasteiger partial charge is 0.246 e. The van der Waals surface area contributed by atoms with Crippen LogP contribution in [0.15, 0.2) is 16.6 Å². The molecule has 0 radical (unpaired) electrons. The molecule has 5 nitrogen and oxygen atoms in total. The SMILES string of the molecule is Cc1cc(Br)cc(NC(=O)C(C)NC(=O)C(C)(C)C)c1N.Cl. The van der Waals surface area contributed by atoms with Crippen LogP contribution in [0.5, 0.6) is 0 Å². The second kappa shape index (κ2) is 7.83. The van der Waals surface area contributed by atoms with E-state index in [1.165, 1.54) is 0 Å². The number of benzene rings is 1. The summed E-state index contributed by atoms with van der Waals surface area (Å²) in [6.45, 7) is 8.88. The van der Waals surface area contributed by atoms with Crippen LogP contribution in [0, 0.1) is 12.3 Å². The standard InChI is InChI=1S/C15H22BrN3O2.ClH/c1-8-6-10(16)7-11(12(8)17)19-13(20)9(2)18-14(21)15(3,4)5;/h6-7,9H,17H2,1-5H3,(H,18,21)(H,19,20);1H. The minimum Gasteiger partial charge on any atom is -0.397 e. The molecular weight excluding hydrogens is 370 g/mol. The van der Waals surface area contributed by atoms with E-state index in [4.69, 9.17) is 5.73 Å². The first-order valence-corrected chi connectivity index (χ1v) is 7.49. The second-order valence-electron chi connectivity index (χ2n) is 6.12. The fourth-order valence-electron chi connectivity index (χ4n) is 1.58. The lowest BCUT2D eigenvalue weighted by molar-refractivity contribution is -0.131. The number of nitrogens with one attached hydrogen (secondary N) is 2. The van der Waals surface area contributed by atoms with Crippen LogP contribution < -0.4 is 16.4 Å². The van der Waals surface area contributed by atoms with E-state index in [0.29, 0.717) is 11.4 Å². The number of rotatable bonds is 3. The van der Waals surface area contributed by atoms with Gasteiger partial charge in [0.2, 0.25) is 11.8 Å². The van der Waals surface area contributed by atoms with Crippen molar-refractivity contribution >= 4 is 51.5 Å². The first-order chi connectivity index (χ1) is 9.52. The lowest BCUT2D eigenvalue weighted by Gasteiger charge is -2.22. The van der Waals surface area contributed by atoms with Gasteiger partial charge in [-0.3, -0.25) is 9.59 Å². The molecule has 4 N–H and O–H groups in total. The average molecular weight is 393 g/mol. The summed E-state index contributed by atoms with van der Waals surface area (Å²) in [4.78, 5) is 24.0. The Morgan fingerprint density at radius 3 is 2.32 bits per heavy atom. The molecule has 1 aromatic rings. The third-order valence-electron chi connectivity index (χ3n) is 3.03. The normalized spacial score (nSPS) is 12.1. The molecule has 0 heterocycles. The molecule has 1 rings (SSSR count). The lowest BCUT2D eigenvalue weighted by atomic mass is 9.95. The Hall–Kier alpha value is -1.27. The predicted molar refractivity (Wildman–Crippen MR) is 96.2 cm³/mol. The molecule has 2 amide bonds. The van der Waals surface area contributed by atoms with Crippen molar-refractivity contribution in [1.82, 2.24) is 5.32 Å². The summed E-state index contributed by atoms with van der Waals surface area (Å²) < 4.78 is 0.830. The molecule has 0 fully saturated rings. The number of nitrogens with two attached hydrogens (primary N) is 1. The quantitative estimate of drug-likeness (QED) is 0.690. The monoisotopic (exact) mass is 391 g/mol. The van der Waals surface area contributed by atoms with E-state index in [9.17, 15) is 9.59 Å². The molecule has 0 aliphatic rings. The number of hydrogen-bond donors (Lipinski definition) is 3.